The molecule has 0 aromatic heterocycles. The summed E-state index contributed by atoms with van der Waals surface area (Å²) in [6.45, 7) is 8.27. The van der Waals surface area contributed by atoms with E-state index in [1.165, 1.54) is 31.5 Å². The molecule has 0 N–H and O–H groups in total. The molecule has 0 amide bonds. The topological polar surface area (TPSA) is 21.7 Å². The molecule has 1 fully saturated rings. The predicted octanol–water partition coefficient (Wildman–Crippen LogP) is 3.11. The zero-order chi connectivity index (χ0) is 13.9. The average Bonchev–Trinajstić information content (AvgIpc) is 2.51. The largest absolute Gasteiger partial charge is 0.496 e. The smallest absolute Gasteiger partial charge is 0.126 e. The highest BCUT2D eigenvalue weighted by Gasteiger charge is 2.37. The van der Waals surface area contributed by atoms with Gasteiger partial charge in [-0.25, -0.2) is 0 Å². The van der Waals surface area contributed by atoms with Gasteiger partial charge in [-0.1, -0.05) is 19.4 Å². The number of ether oxygens (including phenoxy) is 2. The van der Waals surface area contributed by atoms with Gasteiger partial charge in [-0.3, -0.25) is 0 Å². The van der Waals surface area contributed by atoms with Crippen LogP contribution < -0.4 is 9.47 Å². The fourth-order valence-electron chi connectivity index (χ4n) is 3.58. The second kappa shape index (κ2) is 6.04. The van der Waals surface area contributed by atoms with Gasteiger partial charge >= 0.3 is 0 Å². The quantitative estimate of drug-likeness (QED) is 0.842. The SMILES string of the molecule is [CH2]CCCN1CC[C@@H]2c3c(OC)cccc3OC[C@H]2C1. The molecule has 2 atom stereocenters. The van der Waals surface area contributed by atoms with Crippen LogP contribution in [0.25, 0.3) is 0 Å². The van der Waals surface area contributed by atoms with Crippen molar-refractivity contribution in [3.8, 4) is 11.5 Å². The van der Waals surface area contributed by atoms with Gasteiger partial charge in [0, 0.05) is 18.0 Å². The molecular weight excluding hydrogens is 250 g/mol. The van der Waals surface area contributed by atoms with Gasteiger partial charge in [-0.05, 0) is 44.0 Å². The molecule has 0 bridgehead atoms. The number of methoxy groups -OCH3 is 1. The Hall–Kier alpha value is -1.22. The van der Waals surface area contributed by atoms with E-state index in [0.717, 1.165) is 31.1 Å². The maximum Gasteiger partial charge on any atom is 0.126 e. The number of likely N-dealkylation sites (tertiary alicyclic amines) is 1. The lowest BCUT2D eigenvalue weighted by atomic mass is 9.78. The predicted molar refractivity (Wildman–Crippen MR) is 80.4 cm³/mol. The summed E-state index contributed by atoms with van der Waals surface area (Å²) in [5.74, 6) is 3.20. The van der Waals surface area contributed by atoms with Crippen molar-refractivity contribution >= 4 is 0 Å². The van der Waals surface area contributed by atoms with E-state index < -0.39 is 0 Å². The van der Waals surface area contributed by atoms with Crippen LogP contribution >= 0.6 is 0 Å². The van der Waals surface area contributed by atoms with Crippen LogP contribution in [0.1, 0.15) is 30.7 Å². The second-order valence-corrected chi connectivity index (χ2v) is 5.85. The normalized spacial score (nSPS) is 25.5. The first kappa shape index (κ1) is 13.7. The molecule has 20 heavy (non-hydrogen) atoms. The molecule has 0 aliphatic carbocycles. The number of hydrogen-bond acceptors (Lipinski definition) is 3. The number of unbranched alkanes of at least 4 members (excludes halogenated alkanes) is 1. The molecule has 0 spiro atoms. The molecule has 109 valence electrons. The molecule has 3 heteroatoms. The van der Waals surface area contributed by atoms with Gasteiger partial charge in [0.25, 0.3) is 0 Å². The summed E-state index contributed by atoms with van der Waals surface area (Å²) in [6.07, 6.45) is 3.43. The Labute approximate surface area is 121 Å². The summed E-state index contributed by atoms with van der Waals surface area (Å²) in [5.41, 5.74) is 1.29. The Morgan fingerprint density at radius 3 is 3.15 bits per heavy atom. The van der Waals surface area contributed by atoms with Crippen LogP contribution in [0.3, 0.4) is 0 Å². The van der Waals surface area contributed by atoms with Crippen molar-refractivity contribution in [3.05, 3.63) is 30.7 Å². The number of rotatable bonds is 4. The van der Waals surface area contributed by atoms with Gasteiger partial charge in [0.1, 0.15) is 11.5 Å². The highest BCUT2D eigenvalue weighted by Crippen LogP contribution is 2.46. The summed E-state index contributed by atoms with van der Waals surface area (Å²) >= 11 is 0. The van der Waals surface area contributed by atoms with E-state index >= 15 is 0 Å². The van der Waals surface area contributed by atoms with E-state index in [1.807, 2.05) is 6.07 Å². The fourth-order valence-corrected chi connectivity index (χ4v) is 3.58. The molecule has 2 aliphatic heterocycles. The van der Waals surface area contributed by atoms with E-state index in [9.17, 15) is 0 Å². The monoisotopic (exact) mass is 274 g/mol. The Bertz CT molecular complexity index is 446. The Morgan fingerprint density at radius 1 is 1.45 bits per heavy atom. The zero-order valence-corrected chi connectivity index (χ0v) is 12.3. The number of hydrogen-bond donors (Lipinski definition) is 0. The van der Waals surface area contributed by atoms with Crippen LogP contribution in [0.15, 0.2) is 18.2 Å². The molecule has 2 aliphatic rings. The molecule has 3 rings (SSSR count). The van der Waals surface area contributed by atoms with E-state index in [-0.39, 0.29) is 0 Å². The Morgan fingerprint density at radius 2 is 2.35 bits per heavy atom. The van der Waals surface area contributed by atoms with Crippen molar-refractivity contribution < 1.29 is 9.47 Å². The molecule has 1 aromatic carbocycles. The lowest BCUT2D eigenvalue weighted by Crippen LogP contribution is -2.44. The molecule has 1 aromatic rings. The van der Waals surface area contributed by atoms with Crippen LogP contribution in [0, 0.1) is 12.8 Å². The Balaban J connectivity index is 1.78. The van der Waals surface area contributed by atoms with Crippen molar-refractivity contribution in [2.24, 2.45) is 5.92 Å². The lowest BCUT2D eigenvalue weighted by molar-refractivity contribution is 0.0909. The molecule has 0 saturated carbocycles. The highest BCUT2D eigenvalue weighted by atomic mass is 16.5. The minimum absolute atomic E-state index is 0.589. The van der Waals surface area contributed by atoms with Gasteiger partial charge in [0.2, 0.25) is 0 Å². The van der Waals surface area contributed by atoms with Gasteiger partial charge in [0.15, 0.2) is 0 Å². The first-order valence-corrected chi connectivity index (χ1v) is 7.64. The maximum atomic E-state index is 5.97. The Kier molecular flexibility index (Phi) is 4.16. The first-order valence-electron chi connectivity index (χ1n) is 7.64. The van der Waals surface area contributed by atoms with Gasteiger partial charge in [-0.15, -0.1) is 0 Å². The van der Waals surface area contributed by atoms with Crippen molar-refractivity contribution in [2.75, 3.05) is 33.4 Å². The summed E-state index contributed by atoms with van der Waals surface area (Å²) in [7, 11) is 1.75. The molecule has 1 radical (unpaired) electrons. The van der Waals surface area contributed by atoms with Crippen molar-refractivity contribution in [1.82, 2.24) is 4.90 Å². The summed E-state index contributed by atoms with van der Waals surface area (Å²) in [6, 6.07) is 6.14. The maximum absolute atomic E-state index is 5.97. The van der Waals surface area contributed by atoms with E-state index in [2.05, 4.69) is 24.0 Å². The average molecular weight is 274 g/mol. The minimum Gasteiger partial charge on any atom is -0.496 e. The van der Waals surface area contributed by atoms with Crippen LogP contribution in [0.5, 0.6) is 11.5 Å². The van der Waals surface area contributed by atoms with Gasteiger partial charge in [0.05, 0.1) is 13.7 Å². The fraction of sp³-hybridized carbons (Fsp3) is 0.588. The number of nitrogens with zero attached hydrogens (tertiary/aromatic N) is 1. The number of fused-ring (bicyclic) bond motifs is 3. The van der Waals surface area contributed by atoms with Crippen molar-refractivity contribution in [3.63, 3.8) is 0 Å². The number of piperidine rings is 1. The third kappa shape index (κ3) is 2.51. The van der Waals surface area contributed by atoms with Gasteiger partial charge in [-0.2, -0.15) is 0 Å². The second-order valence-electron chi connectivity index (χ2n) is 5.85. The van der Waals surface area contributed by atoms with Crippen LogP contribution in [0.2, 0.25) is 0 Å². The first-order chi connectivity index (χ1) is 9.83. The van der Waals surface area contributed by atoms with E-state index in [4.69, 9.17) is 9.47 Å². The summed E-state index contributed by atoms with van der Waals surface area (Å²) in [5, 5.41) is 0. The summed E-state index contributed by atoms with van der Waals surface area (Å²) in [4.78, 5) is 2.57. The molecule has 2 heterocycles. The lowest BCUT2D eigenvalue weighted by Gasteiger charge is -2.42. The van der Waals surface area contributed by atoms with E-state index in [1.54, 1.807) is 7.11 Å². The molecule has 3 nitrogen and oxygen atoms in total. The number of benzene rings is 1. The van der Waals surface area contributed by atoms with Crippen LogP contribution in [-0.4, -0.2) is 38.3 Å². The third-order valence-electron chi connectivity index (χ3n) is 4.61. The third-order valence-corrected chi connectivity index (χ3v) is 4.61. The summed E-state index contributed by atoms with van der Waals surface area (Å²) < 4.78 is 11.5. The van der Waals surface area contributed by atoms with Crippen LogP contribution in [-0.2, 0) is 0 Å². The molecular formula is C17H24NO2. The highest BCUT2D eigenvalue weighted by molar-refractivity contribution is 5.49. The van der Waals surface area contributed by atoms with Crippen molar-refractivity contribution in [1.29, 1.82) is 0 Å². The minimum atomic E-state index is 0.589. The molecule has 1 saturated heterocycles. The molecule has 0 unspecified atom stereocenters. The van der Waals surface area contributed by atoms with Gasteiger partial charge < -0.3 is 14.4 Å². The standard InChI is InChI=1S/C17H24NO2/c1-3-4-9-18-10-8-14-13(11-18)12-20-16-7-5-6-15(19-2)17(14)16/h5-7,13-14H,1,3-4,8-12H2,2H3/t13-,14+/m1/s1. The zero-order valence-electron chi connectivity index (χ0n) is 12.3. The van der Waals surface area contributed by atoms with Crippen molar-refractivity contribution in [2.45, 2.75) is 25.2 Å². The van der Waals surface area contributed by atoms with E-state index in [0.29, 0.717) is 11.8 Å². The van der Waals surface area contributed by atoms with Crippen LogP contribution in [0.4, 0.5) is 0 Å².